The van der Waals surface area contributed by atoms with Gasteiger partial charge in [0.15, 0.2) is 0 Å². The highest BCUT2D eigenvalue weighted by Crippen LogP contribution is 2.19. The van der Waals surface area contributed by atoms with E-state index in [1.54, 1.807) is 0 Å². The first-order valence-electron chi connectivity index (χ1n) is 11.6. The fraction of sp³-hybridized carbons (Fsp3) is 0.286. The Balaban J connectivity index is 1.42. The van der Waals surface area contributed by atoms with E-state index in [0.717, 1.165) is 52.3 Å². The third kappa shape index (κ3) is 5.29. The van der Waals surface area contributed by atoms with Crippen LogP contribution in [0.5, 0.6) is 0 Å². The molecular weight excluding hydrogens is 422 g/mol. The van der Waals surface area contributed by atoms with Crippen LogP contribution in [0.2, 0.25) is 0 Å². The lowest BCUT2D eigenvalue weighted by Crippen LogP contribution is -2.24. The number of benzene rings is 2. The van der Waals surface area contributed by atoms with Crippen LogP contribution < -0.4 is 11.1 Å². The molecule has 0 unspecified atom stereocenters. The van der Waals surface area contributed by atoms with Crippen molar-refractivity contribution in [1.82, 2.24) is 19.7 Å². The van der Waals surface area contributed by atoms with Gasteiger partial charge in [0.1, 0.15) is 0 Å². The first-order valence-corrected chi connectivity index (χ1v) is 11.6. The SMILES string of the molecule is Cc1cnn(Cc2ccc(Cn3c(C)cc(C(=O)NCc4ccc(CN)cc4C)c3C)cc2)c1. The Morgan fingerprint density at radius 2 is 1.62 bits per heavy atom. The van der Waals surface area contributed by atoms with Gasteiger partial charge in [0.2, 0.25) is 0 Å². The van der Waals surface area contributed by atoms with Crippen LogP contribution in [0.4, 0.5) is 0 Å². The third-order valence-electron chi connectivity index (χ3n) is 6.37. The van der Waals surface area contributed by atoms with E-state index >= 15 is 0 Å². The van der Waals surface area contributed by atoms with Crippen LogP contribution >= 0.6 is 0 Å². The summed E-state index contributed by atoms with van der Waals surface area (Å²) in [5.74, 6) is -0.0495. The summed E-state index contributed by atoms with van der Waals surface area (Å²) in [6.45, 7) is 10.7. The van der Waals surface area contributed by atoms with Gasteiger partial charge in [-0.1, -0.05) is 42.5 Å². The number of hydrogen-bond acceptors (Lipinski definition) is 3. The molecule has 6 heteroatoms. The summed E-state index contributed by atoms with van der Waals surface area (Å²) in [5, 5.41) is 7.44. The number of aryl methyl sites for hydroxylation is 3. The summed E-state index contributed by atoms with van der Waals surface area (Å²) in [6, 6.07) is 16.7. The molecule has 2 aromatic carbocycles. The van der Waals surface area contributed by atoms with Gasteiger partial charge in [0.25, 0.3) is 5.91 Å². The van der Waals surface area contributed by atoms with E-state index in [1.165, 1.54) is 11.1 Å². The number of nitrogens with two attached hydrogens (primary N) is 1. The van der Waals surface area contributed by atoms with E-state index in [-0.39, 0.29) is 5.91 Å². The Morgan fingerprint density at radius 1 is 0.941 bits per heavy atom. The standard InChI is InChI=1S/C28H33N5O/c1-19-14-31-32(16-19)17-23-5-7-24(8-6-23)18-33-21(3)12-27(22(33)4)28(34)30-15-26-10-9-25(13-29)11-20(26)2/h5-12,14,16H,13,15,17-18,29H2,1-4H3,(H,30,34). The summed E-state index contributed by atoms with van der Waals surface area (Å²) in [7, 11) is 0. The maximum absolute atomic E-state index is 13.0. The van der Waals surface area contributed by atoms with E-state index < -0.39 is 0 Å². The van der Waals surface area contributed by atoms with Crippen molar-refractivity contribution in [3.63, 3.8) is 0 Å². The highest BCUT2D eigenvalue weighted by atomic mass is 16.1. The van der Waals surface area contributed by atoms with E-state index in [9.17, 15) is 4.79 Å². The molecule has 6 nitrogen and oxygen atoms in total. The van der Waals surface area contributed by atoms with Crippen LogP contribution in [-0.4, -0.2) is 20.3 Å². The molecule has 0 saturated carbocycles. The maximum atomic E-state index is 13.0. The van der Waals surface area contributed by atoms with Gasteiger partial charge in [0.05, 0.1) is 18.3 Å². The van der Waals surface area contributed by atoms with Crippen molar-refractivity contribution in [3.05, 3.63) is 111 Å². The minimum Gasteiger partial charge on any atom is -0.348 e. The number of aromatic nitrogens is 3. The highest BCUT2D eigenvalue weighted by Gasteiger charge is 2.16. The Morgan fingerprint density at radius 3 is 2.24 bits per heavy atom. The molecule has 1 amide bonds. The number of rotatable bonds is 8. The molecule has 0 bridgehead atoms. The maximum Gasteiger partial charge on any atom is 0.253 e. The fourth-order valence-electron chi connectivity index (χ4n) is 4.30. The molecule has 0 aliphatic carbocycles. The van der Waals surface area contributed by atoms with Crippen molar-refractivity contribution in [2.75, 3.05) is 0 Å². The predicted octanol–water partition coefficient (Wildman–Crippen LogP) is 4.40. The summed E-state index contributed by atoms with van der Waals surface area (Å²) >= 11 is 0. The predicted molar refractivity (Wildman–Crippen MR) is 136 cm³/mol. The molecule has 0 aliphatic rings. The van der Waals surface area contributed by atoms with Crippen LogP contribution in [0, 0.1) is 27.7 Å². The monoisotopic (exact) mass is 455 g/mol. The second kappa shape index (κ2) is 10.1. The van der Waals surface area contributed by atoms with Crippen LogP contribution in [0.25, 0.3) is 0 Å². The van der Waals surface area contributed by atoms with Gasteiger partial charge in [-0.05, 0) is 67.1 Å². The van der Waals surface area contributed by atoms with Gasteiger partial charge < -0.3 is 15.6 Å². The van der Waals surface area contributed by atoms with Crippen LogP contribution in [0.3, 0.4) is 0 Å². The van der Waals surface area contributed by atoms with Crippen molar-refractivity contribution >= 4 is 5.91 Å². The lowest BCUT2D eigenvalue weighted by atomic mass is 10.0. The highest BCUT2D eigenvalue weighted by molar-refractivity contribution is 5.95. The summed E-state index contributed by atoms with van der Waals surface area (Å²) in [5.41, 5.74) is 15.4. The first-order chi connectivity index (χ1) is 16.3. The number of nitrogens with one attached hydrogen (secondary N) is 1. The molecule has 4 rings (SSSR count). The van der Waals surface area contributed by atoms with E-state index in [2.05, 4.69) is 45.3 Å². The summed E-state index contributed by atoms with van der Waals surface area (Å²) in [4.78, 5) is 13.0. The molecule has 3 N–H and O–H groups in total. The Hall–Kier alpha value is -3.64. The summed E-state index contributed by atoms with van der Waals surface area (Å²) in [6.07, 6.45) is 3.92. The number of carbonyl (C=O) groups is 1. The van der Waals surface area contributed by atoms with Gasteiger partial charge in [-0.2, -0.15) is 5.10 Å². The van der Waals surface area contributed by atoms with Crippen LogP contribution in [-0.2, 0) is 26.2 Å². The minimum absolute atomic E-state index is 0.0495. The molecule has 0 fully saturated rings. The van der Waals surface area contributed by atoms with Gasteiger partial charge in [-0.15, -0.1) is 0 Å². The molecule has 2 aromatic heterocycles. The van der Waals surface area contributed by atoms with Crippen molar-refractivity contribution in [3.8, 4) is 0 Å². The van der Waals surface area contributed by atoms with Crippen molar-refractivity contribution in [1.29, 1.82) is 0 Å². The molecule has 176 valence electrons. The van der Waals surface area contributed by atoms with E-state index in [1.807, 2.05) is 63.0 Å². The lowest BCUT2D eigenvalue weighted by molar-refractivity contribution is 0.0950. The average molecular weight is 456 g/mol. The quantitative estimate of drug-likeness (QED) is 0.413. The first kappa shape index (κ1) is 23.5. The topological polar surface area (TPSA) is 77.9 Å². The molecule has 0 aliphatic heterocycles. The molecule has 0 saturated heterocycles. The molecule has 4 aromatic rings. The lowest BCUT2D eigenvalue weighted by Gasteiger charge is -2.12. The summed E-state index contributed by atoms with van der Waals surface area (Å²) < 4.78 is 4.14. The number of carbonyl (C=O) groups excluding carboxylic acids is 1. The molecular formula is C28H33N5O. The largest absolute Gasteiger partial charge is 0.348 e. The van der Waals surface area contributed by atoms with Crippen LogP contribution in [0.1, 0.15) is 55.1 Å². The second-order valence-corrected chi connectivity index (χ2v) is 9.05. The molecule has 0 spiro atoms. The third-order valence-corrected chi connectivity index (χ3v) is 6.37. The Kier molecular flexibility index (Phi) is 6.98. The smallest absolute Gasteiger partial charge is 0.253 e. The average Bonchev–Trinajstić information content (AvgIpc) is 3.36. The number of nitrogens with zero attached hydrogens (tertiary/aromatic N) is 3. The van der Waals surface area contributed by atoms with Crippen molar-refractivity contribution < 1.29 is 4.79 Å². The second-order valence-electron chi connectivity index (χ2n) is 9.05. The molecule has 2 heterocycles. The van der Waals surface area contributed by atoms with Gasteiger partial charge in [-0.25, -0.2) is 0 Å². The molecule has 0 radical (unpaired) electrons. The number of hydrogen-bond donors (Lipinski definition) is 2. The van der Waals surface area contributed by atoms with Gasteiger partial charge in [0, 0.05) is 37.2 Å². The zero-order valence-electron chi connectivity index (χ0n) is 20.4. The number of amides is 1. The van der Waals surface area contributed by atoms with Crippen molar-refractivity contribution in [2.24, 2.45) is 5.73 Å². The molecule has 0 atom stereocenters. The van der Waals surface area contributed by atoms with Crippen LogP contribution in [0.15, 0.2) is 60.9 Å². The molecule has 34 heavy (non-hydrogen) atoms. The Bertz CT molecular complexity index is 1300. The normalized spacial score (nSPS) is 11.1. The van der Waals surface area contributed by atoms with E-state index in [0.29, 0.717) is 13.1 Å². The van der Waals surface area contributed by atoms with E-state index in [4.69, 9.17) is 5.73 Å². The Labute approximate surface area is 201 Å². The zero-order chi connectivity index (χ0) is 24.2. The fourth-order valence-corrected chi connectivity index (χ4v) is 4.30. The minimum atomic E-state index is -0.0495. The van der Waals surface area contributed by atoms with Gasteiger partial charge in [-0.3, -0.25) is 9.48 Å². The van der Waals surface area contributed by atoms with Gasteiger partial charge >= 0.3 is 0 Å². The zero-order valence-corrected chi connectivity index (χ0v) is 20.4. The van der Waals surface area contributed by atoms with Crippen molar-refractivity contribution in [2.45, 2.75) is 53.9 Å².